The van der Waals surface area contributed by atoms with E-state index in [1.807, 2.05) is 6.20 Å². The number of hydrogen-bond donors (Lipinski definition) is 5. The fraction of sp³-hybridized carbons (Fsp3) is 0.333. The molecule has 2 aliphatic rings. The van der Waals surface area contributed by atoms with Crippen molar-refractivity contribution in [1.29, 1.82) is 0 Å². The van der Waals surface area contributed by atoms with Crippen molar-refractivity contribution in [3.8, 4) is 0 Å². The molecule has 0 amide bonds. The fourth-order valence-corrected chi connectivity index (χ4v) is 3.14. The molecule has 1 aromatic heterocycles. The van der Waals surface area contributed by atoms with Gasteiger partial charge in [0.05, 0.1) is 13.1 Å². The molecule has 0 fully saturated rings. The Morgan fingerprint density at radius 2 is 1.92 bits per heavy atom. The Morgan fingerprint density at radius 3 is 2.52 bits per heavy atom. The summed E-state index contributed by atoms with van der Waals surface area (Å²) in [5.74, 6) is 0.870. The number of nitrogens with one attached hydrogen (secondary N) is 4. The lowest BCUT2D eigenvalue weighted by atomic mass is 10.1. The number of amidine groups is 1. The first-order valence-electron chi connectivity index (χ1n) is 7.82. The number of anilines is 1. The molecule has 2 aliphatic heterocycles. The topological polar surface area (TPSA) is 131 Å². The van der Waals surface area contributed by atoms with E-state index in [-0.39, 0.29) is 5.17 Å². The SMILES string of the molecule is Cc1cc(NC2=NCCN2)cc2cc[nH]c12.O=S(=O)(O)C1=NCCN1. The molecule has 0 saturated heterocycles. The Kier molecular flexibility index (Phi) is 4.91. The summed E-state index contributed by atoms with van der Waals surface area (Å²) in [4.78, 5) is 11.0. The molecule has 3 heterocycles. The molecule has 0 bridgehead atoms. The molecule has 25 heavy (non-hydrogen) atoms. The van der Waals surface area contributed by atoms with Crippen LogP contribution in [-0.4, -0.2) is 55.3 Å². The number of H-pyrrole nitrogens is 1. The number of nitrogens with zero attached hydrogens (tertiary/aromatic N) is 2. The third-order valence-electron chi connectivity index (χ3n) is 3.68. The summed E-state index contributed by atoms with van der Waals surface area (Å²) in [6, 6.07) is 6.33. The van der Waals surface area contributed by atoms with E-state index < -0.39 is 10.1 Å². The van der Waals surface area contributed by atoms with Crippen LogP contribution in [0.25, 0.3) is 10.9 Å². The van der Waals surface area contributed by atoms with Gasteiger partial charge in [0.1, 0.15) is 0 Å². The zero-order valence-corrected chi connectivity index (χ0v) is 14.5. The summed E-state index contributed by atoms with van der Waals surface area (Å²) in [5.41, 5.74) is 3.52. The summed E-state index contributed by atoms with van der Waals surface area (Å²) in [6.07, 6.45) is 1.97. The molecule has 0 atom stereocenters. The average Bonchev–Trinajstić information content (AvgIpc) is 3.30. The molecule has 9 nitrogen and oxygen atoms in total. The molecule has 0 saturated carbocycles. The molecule has 134 valence electrons. The number of rotatable bonds is 1. The van der Waals surface area contributed by atoms with Crippen molar-refractivity contribution < 1.29 is 13.0 Å². The number of guanidine groups is 1. The highest BCUT2D eigenvalue weighted by Crippen LogP contribution is 2.22. The van der Waals surface area contributed by atoms with E-state index >= 15 is 0 Å². The van der Waals surface area contributed by atoms with Gasteiger partial charge in [-0.1, -0.05) is 0 Å². The molecule has 5 N–H and O–H groups in total. The second-order valence-electron chi connectivity index (χ2n) is 5.61. The van der Waals surface area contributed by atoms with Crippen LogP contribution in [-0.2, 0) is 10.1 Å². The van der Waals surface area contributed by atoms with Crippen LogP contribution in [0.3, 0.4) is 0 Å². The molecular formula is C15H20N6O3S. The number of aliphatic imine (C=N–C) groups is 2. The molecule has 10 heteroatoms. The van der Waals surface area contributed by atoms with E-state index in [4.69, 9.17) is 4.55 Å². The Labute approximate surface area is 145 Å². The van der Waals surface area contributed by atoms with Crippen LogP contribution >= 0.6 is 0 Å². The summed E-state index contributed by atoms with van der Waals surface area (Å²) >= 11 is 0. The fourth-order valence-electron chi connectivity index (χ4n) is 2.60. The number of aromatic amines is 1. The first-order valence-corrected chi connectivity index (χ1v) is 9.26. The maximum Gasteiger partial charge on any atom is 0.327 e. The minimum Gasteiger partial charge on any atom is -0.361 e. The van der Waals surface area contributed by atoms with Crippen LogP contribution in [0.2, 0.25) is 0 Å². The Hall–Kier alpha value is -2.59. The predicted molar refractivity (Wildman–Crippen MR) is 98.8 cm³/mol. The van der Waals surface area contributed by atoms with E-state index in [1.54, 1.807) is 0 Å². The Balaban J connectivity index is 0.000000173. The monoisotopic (exact) mass is 364 g/mol. The molecule has 4 rings (SSSR count). The molecule has 1 aromatic carbocycles. The summed E-state index contributed by atoms with van der Waals surface area (Å²) < 4.78 is 28.7. The van der Waals surface area contributed by atoms with Gasteiger partial charge in [0.15, 0.2) is 5.96 Å². The standard InChI is InChI=1S/C12H14N4.C3H6N2O3S/c1-8-6-10(16-12-14-4-5-15-12)7-9-2-3-13-11(8)9;6-9(7,8)3-4-1-2-5-3/h2-3,6-7,13H,4-5H2,1H3,(H2,14,15,16);1-2H2,(H,4,5)(H,6,7,8). The number of aromatic nitrogens is 1. The normalized spacial score (nSPS) is 16.4. The lowest BCUT2D eigenvalue weighted by Crippen LogP contribution is -2.26. The third kappa shape index (κ3) is 4.28. The lowest BCUT2D eigenvalue weighted by molar-refractivity contribution is 0.497. The second-order valence-corrected chi connectivity index (χ2v) is 6.94. The van der Waals surface area contributed by atoms with Crippen LogP contribution in [0.5, 0.6) is 0 Å². The van der Waals surface area contributed by atoms with Gasteiger partial charge in [-0.15, -0.1) is 0 Å². The molecule has 2 aromatic rings. The molecule has 0 radical (unpaired) electrons. The van der Waals surface area contributed by atoms with E-state index in [9.17, 15) is 8.42 Å². The Morgan fingerprint density at radius 1 is 1.16 bits per heavy atom. The zero-order valence-electron chi connectivity index (χ0n) is 13.7. The van der Waals surface area contributed by atoms with Crippen molar-refractivity contribution in [3.63, 3.8) is 0 Å². The summed E-state index contributed by atoms with van der Waals surface area (Å²) in [7, 11) is -4.06. The number of hydrogen-bond acceptors (Lipinski definition) is 7. The van der Waals surface area contributed by atoms with Gasteiger partial charge < -0.3 is 20.9 Å². The Bertz CT molecular complexity index is 932. The van der Waals surface area contributed by atoms with Gasteiger partial charge in [0.25, 0.3) is 0 Å². The van der Waals surface area contributed by atoms with Gasteiger partial charge in [-0.2, -0.15) is 8.42 Å². The minimum atomic E-state index is -4.06. The van der Waals surface area contributed by atoms with Crippen molar-refractivity contribution in [2.45, 2.75) is 6.92 Å². The van der Waals surface area contributed by atoms with Gasteiger partial charge in [0, 0.05) is 35.9 Å². The quantitative estimate of drug-likeness (QED) is 0.473. The summed E-state index contributed by atoms with van der Waals surface area (Å²) in [6.45, 7) is 4.78. The van der Waals surface area contributed by atoms with Crippen LogP contribution in [0.1, 0.15) is 5.56 Å². The van der Waals surface area contributed by atoms with Crippen LogP contribution in [0, 0.1) is 6.92 Å². The van der Waals surface area contributed by atoms with Crippen molar-refractivity contribution in [1.82, 2.24) is 15.6 Å². The van der Waals surface area contributed by atoms with E-state index in [0.29, 0.717) is 13.1 Å². The van der Waals surface area contributed by atoms with Crippen LogP contribution < -0.4 is 16.0 Å². The average molecular weight is 364 g/mol. The number of aryl methyl sites for hydroxylation is 1. The number of benzene rings is 1. The van der Waals surface area contributed by atoms with Crippen molar-refractivity contribution >= 4 is 37.8 Å². The highest BCUT2D eigenvalue weighted by atomic mass is 32.2. The third-order valence-corrected chi connectivity index (χ3v) is 4.44. The lowest BCUT2D eigenvalue weighted by Gasteiger charge is -2.08. The van der Waals surface area contributed by atoms with Crippen LogP contribution in [0.4, 0.5) is 5.69 Å². The molecule has 0 spiro atoms. The zero-order chi connectivity index (χ0) is 17.9. The van der Waals surface area contributed by atoms with Crippen molar-refractivity contribution in [3.05, 3.63) is 30.0 Å². The van der Waals surface area contributed by atoms with Gasteiger partial charge in [0.2, 0.25) is 5.17 Å². The first-order chi connectivity index (χ1) is 11.9. The highest BCUT2D eigenvalue weighted by Gasteiger charge is 2.17. The van der Waals surface area contributed by atoms with E-state index in [0.717, 1.165) is 24.7 Å². The summed E-state index contributed by atoms with van der Waals surface area (Å²) in [5, 5.41) is 9.80. The molecular weight excluding hydrogens is 344 g/mol. The molecule has 0 aliphatic carbocycles. The second kappa shape index (κ2) is 7.11. The smallest absolute Gasteiger partial charge is 0.327 e. The first kappa shape index (κ1) is 17.2. The predicted octanol–water partition coefficient (Wildman–Crippen LogP) is 0.681. The van der Waals surface area contributed by atoms with Gasteiger partial charge >= 0.3 is 10.1 Å². The molecule has 0 unspecified atom stereocenters. The number of fused-ring (bicyclic) bond motifs is 1. The van der Waals surface area contributed by atoms with E-state index in [2.05, 4.69) is 56.0 Å². The minimum absolute atomic E-state index is 0.317. The van der Waals surface area contributed by atoms with Gasteiger partial charge in [-0.25, -0.2) is 0 Å². The largest absolute Gasteiger partial charge is 0.361 e. The van der Waals surface area contributed by atoms with E-state index in [1.165, 1.54) is 16.5 Å². The van der Waals surface area contributed by atoms with Gasteiger partial charge in [-0.3, -0.25) is 14.5 Å². The van der Waals surface area contributed by atoms with Crippen LogP contribution in [0.15, 0.2) is 34.4 Å². The van der Waals surface area contributed by atoms with Crippen molar-refractivity contribution in [2.75, 3.05) is 31.5 Å². The maximum atomic E-state index is 10.2. The highest BCUT2D eigenvalue weighted by molar-refractivity contribution is 8.01. The van der Waals surface area contributed by atoms with Crippen molar-refractivity contribution in [2.24, 2.45) is 9.98 Å². The van der Waals surface area contributed by atoms with Gasteiger partial charge in [-0.05, 0) is 30.7 Å². The maximum absolute atomic E-state index is 10.2.